The van der Waals surface area contributed by atoms with Crippen molar-refractivity contribution >= 4 is 35.2 Å². The molecule has 1 unspecified atom stereocenters. The number of carboxylic acid groups (broad SMARTS) is 1. The summed E-state index contributed by atoms with van der Waals surface area (Å²) in [5.41, 5.74) is 1.80. The quantitative estimate of drug-likeness (QED) is 0.732. The number of carbonyl (C=O) groups is 3. The van der Waals surface area contributed by atoms with Crippen molar-refractivity contribution in [1.82, 2.24) is 5.32 Å². The van der Waals surface area contributed by atoms with Gasteiger partial charge in [-0.15, -0.1) is 0 Å². The Hall–Kier alpha value is -2.02. The minimum Gasteiger partial charge on any atom is -0.480 e. The Bertz CT molecular complexity index is 588. The Morgan fingerprint density at radius 1 is 1.48 bits per heavy atom. The summed E-state index contributed by atoms with van der Waals surface area (Å²) in [7, 11) is 0. The van der Waals surface area contributed by atoms with Crippen molar-refractivity contribution in [2.45, 2.75) is 18.9 Å². The van der Waals surface area contributed by atoms with Gasteiger partial charge in [-0.05, 0) is 36.1 Å². The number of benzene rings is 1. The van der Waals surface area contributed by atoms with Crippen molar-refractivity contribution in [2.75, 3.05) is 17.3 Å². The Kier molecular flexibility index (Phi) is 4.85. The normalized spacial score (nSPS) is 14.2. The molecule has 2 amide bonds. The van der Waals surface area contributed by atoms with Crippen LogP contribution in [0.25, 0.3) is 0 Å². The Morgan fingerprint density at radius 3 is 2.90 bits per heavy atom. The van der Waals surface area contributed by atoms with E-state index in [0.29, 0.717) is 29.8 Å². The number of rotatable bonds is 6. The second kappa shape index (κ2) is 6.62. The average molecular weight is 308 g/mol. The van der Waals surface area contributed by atoms with Crippen LogP contribution in [0.5, 0.6) is 0 Å². The molecule has 1 aromatic carbocycles. The van der Waals surface area contributed by atoms with Gasteiger partial charge in [-0.2, -0.15) is 11.8 Å². The summed E-state index contributed by atoms with van der Waals surface area (Å²) in [6.45, 7) is 0. The lowest BCUT2D eigenvalue weighted by molar-refractivity contribution is -0.139. The third kappa shape index (κ3) is 3.75. The lowest BCUT2D eigenvalue weighted by Gasteiger charge is -2.14. The van der Waals surface area contributed by atoms with Gasteiger partial charge in [0.1, 0.15) is 6.04 Å². The van der Waals surface area contributed by atoms with Crippen LogP contribution in [0.3, 0.4) is 0 Å². The second-order valence-corrected chi connectivity index (χ2v) is 5.73. The molecule has 7 heteroatoms. The van der Waals surface area contributed by atoms with Crippen molar-refractivity contribution < 1.29 is 19.5 Å². The first-order valence-electron chi connectivity index (χ1n) is 6.46. The zero-order valence-corrected chi connectivity index (χ0v) is 12.3. The first-order valence-corrected chi connectivity index (χ1v) is 7.86. The van der Waals surface area contributed by atoms with E-state index in [-0.39, 0.29) is 5.91 Å². The molecule has 0 bridgehead atoms. The number of carbonyl (C=O) groups excluding carboxylic acids is 2. The smallest absolute Gasteiger partial charge is 0.326 e. The van der Waals surface area contributed by atoms with E-state index in [9.17, 15) is 14.4 Å². The molecule has 1 aliphatic heterocycles. The molecule has 0 saturated carbocycles. The molecule has 6 nitrogen and oxygen atoms in total. The van der Waals surface area contributed by atoms with E-state index in [1.807, 2.05) is 6.26 Å². The fourth-order valence-electron chi connectivity index (χ4n) is 2.09. The van der Waals surface area contributed by atoms with Crippen LogP contribution in [-0.2, 0) is 16.0 Å². The van der Waals surface area contributed by atoms with Crippen LogP contribution in [0.15, 0.2) is 18.2 Å². The monoisotopic (exact) mass is 308 g/mol. The zero-order chi connectivity index (χ0) is 15.4. The molecular weight excluding hydrogens is 292 g/mol. The maximum Gasteiger partial charge on any atom is 0.326 e. The highest BCUT2D eigenvalue weighted by Gasteiger charge is 2.22. The minimum atomic E-state index is -1.05. The van der Waals surface area contributed by atoms with E-state index in [1.54, 1.807) is 18.2 Å². The number of hydrogen-bond donors (Lipinski definition) is 3. The van der Waals surface area contributed by atoms with E-state index in [0.717, 1.165) is 5.56 Å². The predicted molar refractivity (Wildman–Crippen MR) is 80.7 cm³/mol. The Labute approximate surface area is 126 Å². The molecule has 3 N–H and O–H groups in total. The molecule has 112 valence electrons. The van der Waals surface area contributed by atoms with Crippen LogP contribution in [0.4, 0.5) is 5.69 Å². The van der Waals surface area contributed by atoms with Crippen molar-refractivity contribution in [1.29, 1.82) is 0 Å². The summed E-state index contributed by atoms with van der Waals surface area (Å²) in [6.07, 6.45) is 2.55. The maximum atomic E-state index is 12.1. The number of hydrogen-bond acceptors (Lipinski definition) is 4. The molecule has 21 heavy (non-hydrogen) atoms. The Morgan fingerprint density at radius 2 is 2.24 bits per heavy atom. The number of nitrogens with one attached hydrogen (secondary N) is 2. The minimum absolute atomic E-state index is 0.106. The fourth-order valence-corrected chi connectivity index (χ4v) is 2.56. The SMILES string of the molecule is CSCCC(NC(=O)c1ccc2c(c1)NC(=O)C2)C(=O)O. The van der Waals surface area contributed by atoms with Crippen molar-refractivity contribution in [3.05, 3.63) is 29.3 Å². The maximum absolute atomic E-state index is 12.1. The first-order chi connectivity index (χ1) is 10.0. The van der Waals surface area contributed by atoms with Gasteiger partial charge >= 0.3 is 5.97 Å². The number of fused-ring (bicyclic) bond motifs is 1. The standard InChI is InChI=1S/C14H16N2O4S/c1-21-5-4-10(14(19)20)16-13(18)9-3-2-8-7-12(17)15-11(8)6-9/h2-3,6,10H,4-5,7H2,1H3,(H,15,17)(H,16,18)(H,19,20). The third-order valence-electron chi connectivity index (χ3n) is 3.21. The summed E-state index contributed by atoms with van der Waals surface area (Å²) in [5, 5.41) is 14.3. The number of amides is 2. The fraction of sp³-hybridized carbons (Fsp3) is 0.357. The average Bonchev–Trinajstić information content (AvgIpc) is 2.81. The topological polar surface area (TPSA) is 95.5 Å². The van der Waals surface area contributed by atoms with Gasteiger partial charge < -0.3 is 15.7 Å². The molecule has 1 heterocycles. The first kappa shape index (κ1) is 15.4. The molecular formula is C14H16N2O4S. The van der Waals surface area contributed by atoms with E-state index >= 15 is 0 Å². The molecule has 0 spiro atoms. The molecule has 0 aromatic heterocycles. The van der Waals surface area contributed by atoms with Crippen LogP contribution in [-0.4, -0.2) is 40.9 Å². The highest BCUT2D eigenvalue weighted by atomic mass is 32.2. The van der Waals surface area contributed by atoms with Gasteiger partial charge in [0.05, 0.1) is 6.42 Å². The molecule has 0 saturated heterocycles. The van der Waals surface area contributed by atoms with E-state index < -0.39 is 17.9 Å². The lowest BCUT2D eigenvalue weighted by Crippen LogP contribution is -2.41. The van der Waals surface area contributed by atoms with Crippen molar-refractivity contribution in [2.24, 2.45) is 0 Å². The molecule has 2 rings (SSSR count). The van der Waals surface area contributed by atoms with Crippen LogP contribution in [0, 0.1) is 0 Å². The van der Waals surface area contributed by atoms with Gasteiger partial charge in [-0.1, -0.05) is 6.07 Å². The number of anilines is 1. The number of thioether (sulfide) groups is 1. The second-order valence-electron chi connectivity index (χ2n) is 4.74. The third-order valence-corrected chi connectivity index (χ3v) is 3.86. The highest BCUT2D eigenvalue weighted by molar-refractivity contribution is 7.98. The van der Waals surface area contributed by atoms with Crippen LogP contribution in [0.1, 0.15) is 22.3 Å². The van der Waals surface area contributed by atoms with Crippen molar-refractivity contribution in [3.8, 4) is 0 Å². The van der Waals surface area contributed by atoms with Gasteiger partial charge in [0.2, 0.25) is 5.91 Å². The summed E-state index contributed by atoms with van der Waals surface area (Å²) < 4.78 is 0. The molecule has 0 aliphatic carbocycles. The van der Waals surface area contributed by atoms with E-state index in [2.05, 4.69) is 10.6 Å². The molecule has 0 fully saturated rings. The van der Waals surface area contributed by atoms with Crippen LogP contribution >= 0.6 is 11.8 Å². The van der Waals surface area contributed by atoms with Gasteiger partial charge in [-0.25, -0.2) is 4.79 Å². The van der Waals surface area contributed by atoms with Crippen LogP contribution < -0.4 is 10.6 Å². The summed E-state index contributed by atoms with van der Waals surface area (Å²) in [6, 6.07) is 3.97. The molecule has 1 atom stereocenters. The highest BCUT2D eigenvalue weighted by Crippen LogP contribution is 2.24. The molecule has 1 aliphatic rings. The molecule has 0 radical (unpaired) electrons. The van der Waals surface area contributed by atoms with E-state index in [1.165, 1.54) is 11.8 Å². The van der Waals surface area contributed by atoms with E-state index in [4.69, 9.17) is 5.11 Å². The number of carboxylic acids is 1. The van der Waals surface area contributed by atoms with Gasteiger partial charge in [0, 0.05) is 11.3 Å². The molecule has 1 aromatic rings. The van der Waals surface area contributed by atoms with Crippen LogP contribution in [0.2, 0.25) is 0 Å². The predicted octanol–water partition coefficient (Wildman–Crippen LogP) is 1.12. The Balaban J connectivity index is 2.07. The summed E-state index contributed by atoms with van der Waals surface area (Å²) >= 11 is 1.52. The zero-order valence-electron chi connectivity index (χ0n) is 11.5. The van der Waals surface area contributed by atoms with Crippen molar-refractivity contribution in [3.63, 3.8) is 0 Å². The summed E-state index contributed by atoms with van der Waals surface area (Å²) in [4.78, 5) is 34.5. The van der Waals surface area contributed by atoms with Gasteiger partial charge in [0.25, 0.3) is 5.91 Å². The lowest BCUT2D eigenvalue weighted by atomic mass is 10.1. The number of aliphatic carboxylic acids is 1. The van der Waals surface area contributed by atoms with Gasteiger partial charge in [0.15, 0.2) is 0 Å². The summed E-state index contributed by atoms with van der Waals surface area (Å²) in [5.74, 6) is -0.956. The largest absolute Gasteiger partial charge is 0.480 e. The van der Waals surface area contributed by atoms with Gasteiger partial charge in [-0.3, -0.25) is 9.59 Å².